The van der Waals surface area contributed by atoms with Gasteiger partial charge in [0.1, 0.15) is 0 Å². The fourth-order valence-corrected chi connectivity index (χ4v) is 3.79. The van der Waals surface area contributed by atoms with E-state index in [9.17, 15) is 4.79 Å². The molecule has 3 atom stereocenters. The zero-order valence-electron chi connectivity index (χ0n) is 17.0. The normalized spacial score (nSPS) is 27.8. The van der Waals surface area contributed by atoms with Crippen molar-refractivity contribution in [1.29, 1.82) is 0 Å². The van der Waals surface area contributed by atoms with Crippen LogP contribution in [0, 0.1) is 17.8 Å². The molecule has 0 amide bonds. The first-order valence-electron chi connectivity index (χ1n) is 9.89. The van der Waals surface area contributed by atoms with Gasteiger partial charge in [0.05, 0.1) is 32.3 Å². The predicted octanol–water partition coefficient (Wildman–Crippen LogP) is 1.05. The number of carbonyl (C=O) groups is 1. The molecule has 2 fully saturated rings. The van der Waals surface area contributed by atoms with Crippen LogP contribution in [0.4, 0.5) is 0 Å². The number of carbonyl (C=O) groups excluding carboxylic acids is 1. The minimum atomic E-state index is -0.129. The second-order valence-corrected chi connectivity index (χ2v) is 7.85. The highest BCUT2D eigenvalue weighted by Crippen LogP contribution is 2.24. The summed E-state index contributed by atoms with van der Waals surface area (Å²) in [5, 5.41) is 3.36. The van der Waals surface area contributed by atoms with Crippen LogP contribution in [0.25, 0.3) is 0 Å². The molecular weight excluding hydrogens is 332 g/mol. The van der Waals surface area contributed by atoms with Gasteiger partial charge < -0.3 is 19.7 Å². The van der Waals surface area contributed by atoms with Crippen LogP contribution in [-0.4, -0.2) is 87.4 Å². The SMILES string of the molecule is CCNC(=NCC1CN(CC(C)C)CCO1)N1CC(C)C(C(=O)OC)C1. The lowest BCUT2D eigenvalue weighted by Gasteiger charge is -2.33. The Labute approximate surface area is 158 Å². The third-order valence-electron chi connectivity index (χ3n) is 5.04. The van der Waals surface area contributed by atoms with Crippen LogP contribution in [0.2, 0.25) is 0 Å². The maximum Gasteiger partial charge on any atom is 0.310 e. The van der Waals surface area contributed by atoms with Gasteiger partial charge in [-0.05, 0) is 18.8 Å². The van der Waals surface area contributed by atoms with E-state index in [-0.39, 0.29) is 23.9 Å². The zero-order valence-corrected chi connectivity index (χ0v) is 17.0. The van der Waals surface area contributed by atoms with Gasteiger partial charge in [-0.25, -0.2) is 0 Å². The van der Waals surface area contributed by atoms with Crippen LogP contribution in [0.1, 0.15) is 27.7 Å². The molecule has 7 heteroatoms. The molecule has 0 aliphatic carbocycles. The van der Waals surface area contributed by atoms with Crippen molar-refractivity contribution in [2.24, 2.45) is 22.7 Å². The Bertz CT molecular complexity index is 483. The number of ether oxygens (including phenoxy) is 2. The number of methoxy groups -OCH3 is 1. The second kappa shape index (κ2) is 10.1. The summed E-state index contributed by atoms with van der Waals surface area (Å²) in [6, 6.07) is 0. The van der Waals surface area contributed by atoms with E-state index in [1.54, 1.807) is 0 Å². The third kappa shape index (κ3) is 5.84. The smallest absolute Gasteiger partial charge is 0.310 e. The van der Waals surface area contributed by atoms with E-state index in [0.29, 0.717) is 19.0 Å². The van der Waals surface area contributed by atoms with Crippen molar-refractivity contribution in [1.82, 2.24) is 15.1 Å². The van der Waals surface area contributed by atoms with E-state index in [2.05, 4.69) is 42.8 Å². The molecule has 1 N–H and O–H groups in total. The lowest BCUT2D eigenvalue weighted by molar-refractivity contribution is -0.145. The summed E-state index contributed by atoms with van der Waals surface area (Å²) < 4.78 is 10.8. The minimum Gasteiger partial charge on any atom is -0.469 e. The number of likely N-dealkylation sites (tertiary alicyclic amines) is 1. The average Bonchev–Trinajstić information content (AvgIpc) is 2.99. The van der Waals surface area contributed by atoms with Gasteiger partial charge in [-0.15, -0.1) is 0 Å². The Hall–Kier alpha value is -1.34. The molecule has 7 nitrogen and oxygen atoms in total. The Balaban J connectivity index is 1.95. The van der Waals surface area contributed by atoms with Crippen molar-refractivity contribution in [3.05, 3.63) is 0 Å². The topological polar surface area (TPSA) is 66.4 Å². The van der Waals surface area contributed by atoms with Gasteiger partial charge in [0.2, 0.25) is 0 Å². The number of morpholine rings is 1. The Morgan fingerprint density at radius 1 is 1.35 bits per heavy atom. The monoisotopic (exact) mass is 368 g/mol. The molecule has 26 heavy (non-hydrogen) atoms. The second-order valence-electron chi connectivity index (χ2n) is 7.85. The molecule has 150 valence electrons. The van der Waals surface area contributed by atoms with E-state index in [0.717, 1.165) is 45.3 Å². The van der Waals surface area contributed by atoms with Crippen molar-refractivity contribution >= 4 is 11.9 Å². The summed E-state index contributed by atoms with van der Waals surface area (Å²) in [7, 11) is 1.46. The Morgan fingerprint density at radius 3 is 2.77 bits per heavy atom. The first-order valence-corrected chi connectivity index (χ1v) is 9.89. The standard InChI is InChI=1S/C19H36N4O3/c1-6-20-19(23-11-15(4)17(13-23)18(24)25-5)21-9-16-12-22(7-8-26-16)10-14(2)3/h14-17H,6-13H2,1-5H3,(H,20,21). The molecule has 2 aliphatic heterocycles. The molecule has 3 unspecified atom stereocenters. The number of guanidine groups is 1. The average molecular weight is 369 g/mol. The number of nitrogens with zero attached hydrogens (tertiary/aromatic N) is 3. The molecule has 0 saturated carbocycles. The molecule has 2 rings (SSSR count). The molecule has 0 aromatic heterocycles. The van der Waals surface area contributed by atoms with Crippen LogP contribution in [0.5, 0.6) is 0 Å². The van der Waals surface area contributed by atoms with Crippen molar-refractivity contribution < 1.29 is 14.3 Å². The molecule has 0 aromatic carbocycles. The number of hydrogen-bond acceptors (Lipinski definition) is 5. The highest BCUT2D eigenvalue weighted by molar-refractivity contribution is 5.82. The lowest BCUT2D eigenvalue weighted by Crippen LogP contribution is -2.46. The van der Waals surface area contributed by atoms with E-state index >= 15 is 0 Å². The lowest BCUT2D eigenvalue weighted by atomic mass is 9.99. The van der Waals surface area contributed by atoms with E-state index in [1.165, 1.54) is 7.11 Å². The number of aliphatic imine (C=N–C) groups is 1. The first kappa shape index (κ1) is 21.0. The summed E-state index contributed by atoms with van der Waals surface area (Å²) in [4.78, 5) is 21.4. The van der Waals surface area contributed by atoms with Gasteiger partial charge in [0.15, 0.2) is 5.96 Å². The summed E-state index contributed by atoms with van der Waals surface area (Å²) in [6.45, 7) is 15.4. The third-order valence-corrected chi connectivity index (χ3v) is 5.04. The van der Waals surface area contributed by atoms with E-state index in [1.807, 2.05) is 0 Å². The number of nitrogens with one attached hydrogen (secondary N) is 1. The quantitative estimate of drug-likeness (QED) is 0.429. The van der Waals surface area contributed by atoms with Crippen molar-refractivity contribution in [3.63, 3.8) is 0 Å². The van der Waals surface area contributed by atoms with Crippen LogP contribution < -0.4 is 5.32 Å². The molecule has 0 bridgehead atoms. The molecule has 2 saturated heterocycles. The van der Waals surface area contributed by atoms with Gasteiger partial charge >= 0.3 is 5.97 Å². The van der Waals surface area contributed by atoms with Crippen molar-refractivity contribution in [3.8, 4) is 0 Å². The summed E-state index contributed by atoms with van der Waals surface area (Å²) >= 11 is 0. The number of rotatable bonds is 6. The zero-order chi connectivity index (χ0) is 19.1. The van der Waals surface area contributed by atoms with Crippen LogP contribution >= 0.6 is 0 Å². The van der Waals surface area contributed by atoms with E-state index in [4.69, 9.17) is 14.5 Å². The number of esters is 1. The van der Waals surface area contributed by atoms with Crippen molar-refractivity contribution in [2.75, 3.05) is 59.5 Å². The van der Waals surface area contributed by atoms with Gasteiger partial charge in [0.25, 0.3) is 0 Å². The molecular formula is C19H36N4O3. The largest absolute Gasteiger partial charge is 0.469 e. The Kier molecular flexibility index (Phi) is 8.15. The summed E-state index contributed by atoms with van der Waals surface area (Å²) in [5.41, 5.74) is 0. The van der Waals surface area contributed by atoms with Crippen LogP contribution in [0.3, 0.4) is 0 Å². The van der Waals surface area contributed by atoms with E-state index < -0.39 is 0 Å². The molecule has 0 spiro atoms. The van der Waals surface area contributed by atoms with Gasteiger partial charge in [-0.1, -0.05) is 20.8 Å². The minimum absolute atomic E-state index is 0.0867. The summed E-state index contributed by atoms with van der Waals surface area (Å²) in [6.07, 6.45) is 0.132. The molecule has 2 aliphatic rings. The maximum atomic E-state index is 11.9. The highest BCUT2D eigenvalue weighted by atomic mass is 16.5. The Morgan fingerprint density at radius 2 is 2.12 bits per heavy atom. The molecule has 0 radical (unpaired) electrons. The maximum absolute atomic E-state index is 11.9. The van der Waals surface area contributed by atoms with Gasteiger partial charge in [-0.2, -0.15) is 0 Å². The van der Waals surface area contributed by atoms with Crippen LogP contribution in [0.15, 0.2) is 4.99 Å². The molecule has 0 aromatic rings. The van der Waals surface area contributed by atoms with Crippen molar-refractivity contribution in [2.45, 2.75) is 33.8 Å². The first-order chi connectivity index (χ1) is 12.4. The van der Waals surface area contributed by atoms with Gasteiger partial charge in [-0.3, -0.25) is 14.7 Å². The predicted molar refractivity (Wildman–Crippen MR) is 103 cm³/mol. The molecule has 2 heterocycles. The highest BCUT2D eigenvalue weighted by Gasteiger charge is 2.37. The van der Waals surface area contributed by atoms with Gasteiger partial charge in [0, 0.05) is 39.3 Å². The fraction of sp³-hybridized carbons (Fsp3) is 0.895. The van der Waals surface area contributed by atoms with Crippen LogP contribution in [-0.2, 0) is 14.3 Å². The number of hydrogen-bond donors (Lipinski definition) is 1. The fourth-order valence-electron chi connectivity index (χ4n) is 3.79. The summed E-state index contributed by atoms with van der Waals surface area (Å²) in [5.74, 6) is 1.58.